The van der Waals surface area contributed by atoms with Crippen molar-refractivity contribution >= 4 is 0 Å². The molecule has 0 aromatic heterocycles. The molecule has 0 unspecified atom stereocenters. The minimum atomic E-state index is 0.986. The lowest BCUT2D eigenvalue weighted by Gasteiger charge is -2.19. The Balaban J connectivity index is 3.97. The Hall–Kier alpha value is -0.980. The molecule has 0 atom stereocenters. The minimum Gasteiger partial charge on any atom is -0.375 e. The van der Waals surface area contributed by atoms with Crippen molar-refractivity contribution in [3.05, 3.63) is 35.6 Å². The maximum absolute atomic E-state index is 4.09. The highest BCUT2D eigenvalue weighted by Crippen LogP contribution is 2.10. The smallest absolute Gasteiger partial charge is 0.0355 e. The molecule has 17 heavy (non-hydrogen) atoms. The number of hydrogen-bond acceptors (Lipinski definition) is 1. The van der Waals surface area contributed by atoms with E-state index in [4.69, 9.17) is 0 Å². The van der Waals surface area contributed by atoms with Crippen LogP contribution in [0.15, 0.2) is 35.6 Å². The average molecular weight is 235 g/mol. The van der Waals surface area contributed by atoms with Crippen molar-refractivity contribution in [2.24, 2.45) is 0 Å². The van der Waals surface area contributed by atoms with Gasteiger partial charge in [-0.15, -0.1) is 0 Å². The van der Waals surface area contributed by atoms with E-state index in [2.05, 4.69) is 58.4 Å². The van der Waals surface area contributed by atoms with Gasteiger partial charge >= 0.3 is 0 Å². The standard InChI is InChI=1S/C16H29N/c1-7-9-16(5)17(6)13-12-15(4)11-8-10-14(2)3/h10,12H,5,7-9,11,13H2,1-4,6H3/b15-12-. The van der Waals surface area contributed by atoms with E-state index < -0.39 is 0 Å². The fourth-order valence-corrected chi connectivity index (χ4v) is 1.59. The second kappa shape index (κ2) is 9.09. The van der Waals surface area contributed by atoms with Crippen LogP contribution in [0.4, 0.5) is 0 Å². The summed E-state index contributed by atoms with van der Waals surface area (Å²) >= 11 is 0. The second-order valence-electron chi connectivity index (χ2n) is 5.07. The van der Waals surface area contributed by atoms with Gasteiger partial charge < -0.3 is 4.90 Å². The van der Waals surface area contributed by atoms with Crippen LogP contribution in [-0.2, 0) is 0 Å². The molecule has 0 amide bonds. The molecule has 0 saturated carbocycles. The van der Waals surface area contributed by atoms with E-state index in [0.717, 1.165) is 19.4 Å². The molecule has 0 aliphatic rings. The number of rotatable bonds is 8. The molecule has 0 N–H and O–H groups in total. The van der Waals surface area contributed by atoms with Gasteiger partial charge in [-0.1, -0.05) is 43.2 Å². The predicted octanol–water partition coefficient (Wildman–Crippen LogP) is 4.92. The molecule has 0 heterocycles. The van der Waals surface area contributed by atoms with Gasteiger partial charge in [0.1, 0.15) is 0 Å². The molecule has 0 fully saturated rings. The van der Waals surface area contributed by atoms with E-state index in [1.807, 2.05) is 0 Å². The molecule has 0 aromatic carbocycles. The van der Waals surface area contributed by atoms with Crippen LogP contribution in [0.1, 0.15) is 53.4 Å². The van der Waals surface area contributed by atoms with Crippen LogP contribution >= 0.6 is 0 Å². The number of hydrogen-bond donors (Lipinski definition) is 0. The molecule has 0 saturated heterocycles. The van der Waals surface area contributed by atoms with Crippen molar-refractivity contribution in [3.63, 3.8) is 0 Å². The summed E-state index contributed by atoms with van der Waals surface area (Å²) in [6, 6.07) is 0. The van der Waals surface area contributed by atoms with E-state index >= 15 is 0 Å². The SMILES string of the molecule is C=C(CCC)N(C)C/C=C(/C)CCC=C(C)C. The van der Waals surface area contributed by atoms with E-state index in [9.17, 15) is 0 Å². The number of allylic oxidation sites excluding steroid dienone is 4. The summed E-state index contributed by atoms with van der Waals surface area (Å²) in [6.07, 6.45) is 9.22. The van der Waals surface area contributed by atoms with Gasteiger partial charge in [-0.2, -0.15) is 0 Å². The zero-order chi connectivity index (χ0) is 13.3. The second-order valence-corrected chi connectivity index (χ2v) is 5.07. The lowest BCUT2D eigenvalue weighted by Crippen LogP contribution is -2.17. The maximum Gasteiger partial charge on any atom is 0.0355 e. The topological polar surface area (TPSA) is 3.24 Å². The van der Waals surface area contributed by atoms with Crippen LogP contribution in [0.5, 0.6) is 0 Å². The zero-order valence-electron chi connectivity index (χ0n) is 12.3. The van der Waals surface area contributed by atoms with E-state index in [-0.39, 0.29) is 0 Å². The molecule has 0 spiro atoms. The van der Waals surface area contributed by atoms with Crippen LogP contribution in [0.2, 0.25) is 0 Å². The van der Waals surface area contributed by atoms with Crippen LogP contribution in [-0.4, -0.2) is 18.5 Å². The molecule has 1 heteroatoms. The normalized spacial score (nSPS) is 11.2. The van der Waals surface area contributed by atoms with Crippen LogP contribution < -0.4 is 0 Å². The fourth-order valence-electron chi connectivity index (χ4n) is 1.59. The quantitative estimate of drug-likeness (QED) is 0.539. The Morgan fingerprint density at radius 1 is 1.12 bits per heavy atom. The summed E-state index contributed by atoms with van der Waals surface area (Å²) in [4.78, 5) is 2.24. The van der Waals surface area contributed by atoms with Gasteiger partial charge in [0.05, 0.1) is 0 Å². The van der Waals surface area contributed by atoms with Crippen molar-refractivity contribution in [1.29, 1.82) is 0 Å². The maximum atomic E-state index is 4.09. The third kappa shape index (κ3) is 8.79. The van der Waals surface area contributed by atoms with Crippen LogP contribution in [0, 0.1) is 0 Å². The lowest BCUT2D eigenvalue weighted by atomic mass is 10.1. The van der Waals surface area contributed by atoms with Gasteiger partial charge in [0.15, 0.2) is 0 Å². The Kier molecular flexibility index (Phi) is 8.57. The number of nitrogens with zero attached hydrogens (tertiary/aromatic N) is 1. The summed E-state index contributed by atoms with van der Waals surface area (Å²) in [7, 11) is 2.12. The van der Waals surface area contributed by atoms with Crippen molar-refractivity contribution in [3.8, 4) is 0 Å². The van der Waals surface area contributed by atoms with E-state index in [1.54, 1.807) is 0 Å². The third-order valence-corrected chi connectivity index (χ3v) is 2.88. The summed E-state index contributed by atoms with van der Waals surface area (Å²) in [5, 5.41) is 0. The first kappa shape index (κ1) is 16.0. The third-order valence-electron chi connectivity index (χ3n) is 2.88. The highest BCUT2D eigenvalue weighted by atomic mass is 15.1. The highest BCUT2D eigenvalue weighted by Gasteiger charge is 1.98. The van der Waals surface area contributed by atoms with E-state index in [1.165, 1.54) is 29.7 Å². The van der Waals surface area contributed by atoms with Crippen molar-refractivity contribution in [2.45, 2.75) is 53.4 Å². The van der Waals surface area contributed by atoms with Gasteiger partial charge in [0.2, 0.25) is 0 Å². The summed E-state index contributed by atoms with van der Waals surface area (Å²) in [5.74, 6) is 0. The monoisotopic (exact) mass is 235 g/mol. The van der Waals surface area contributed by atoms with Gasteiger partial charge in [-0.05, 0) is 40.0 Å². The van der Waals surface area contributed by atoms with Gasteiger partial charge in [-0.3, -0.25) is 0 Å². The molecule has 0 radical (unpaired) electrons. The lowest BCUT2D eigenvalue weighted by molar-refractivity contribution is 0.443. The first-order valence-corrected chi connectivity index (χ1v) is 6.65. The van der Waals surface area contributed by atoms with Crippen molar-refractivity contribution in [1.82, 2.24) is 4.90 Å². The molecule has 0 rings (SSSR count). The predicted molar refractivity (Wildman–Crippen MR) is 79.1 cm³/mol. The Bertz CT molecular complexity index is 280. The van der Waals surface area contributed by atoms with Crippen LogP contribution in [0.25, 0.3) is 0 Å². The first-order valence-electron chi connectivity index (χ1n) is 6.65. The summed E-state index contributed by atoms with van der Waals surface area (Å²) < 4.78 is 0. The minimum absolute atomic E-state index is 0.986. The zero-order valence-corrected chi connectivity index (χ0v) is 12.3. The molecule has 0 aliphatic heterocycles. The Morgan fingerprint density at radius 2 is 1.76 bits per heavy atom. The average Bonchev–Trinajstić information content (AvgIpc) is 2.25. The number of likely N-dealkylation sites (N-methyl/N-ethyl adjacent to an activating group) is 1. The molecule has 0 bridgehead atoms. The molecule has 0 aromatic rings. The molecular weight excluding hydrogens is 206 g/mol. The van der Waals surface area contributed by atoms with Gasteiger partial charge in [-0.25, -0.2) is 0 Å². The van der Waals surface area contributed by atoms with Crippen molar-refractivity contribution < 1.29 is 0 Å². The van der Waals surface area contributed by atoms with Crippen molar-refractivity contribution in [2.75, 3.05) is 13.6 Å². The highest BCUT2D eigenvalue weighted by molar-refractivity contribution is 5.05. The molecular formula is C16H29N. The van der Waals surface area contributed by atoms with Gasteiger partial charge in [0.25, 0.3) is 0 Å². The fraction of sp³-hybridized carbons (Fsp3) is 0.625. The molecule has 98 valence electrons. The van der Waals surface area contributed by atoms with Gasteiger partial charge in [0, 0.05) is 19.3 Å². The Morgan fingerprint density at radius 3 is 2.29 bits per heavy atom. The summed E-state index contributed by atoms with van der Waals surface area (Å²) in [5.41, 5.74) is 4.12. The van der Waals surface area contributed by atoms with Crippen LogP contribution in [0.3, 0.4) is 0 Å². The molecule has 0 aliphatic carbocycles. The Labute approximate surface area is 108 Å². The summed E-state index contributed by atoms with van der Waals surface area (Å²) in [6.45, 7) is 13.8. The molecule has 1 nitrogen and oxygen atoms in total. The van der Waals surface area contributed by atoms with E-state index in [0.29, 0.717) is 0 Å². The first-order chi connectivity index (χ1) is 7.97. The largest absolute Gasteiger partial charge is 0.375 e.